The Kier molecular flexibility index (Phi) is 4.50. The Labute approximate surface area is 160 Å². The van der Waals surface area contributed by atoms with Gasteiger partial charge >= 0.3 is 0 Å². The second-order valence-corrected chi connectivity index (χ2v) is 7.77. The van der Waals surface area contributed by atoms with E-state index in [9.17, 15) is 4.79 Å². The normalized spacial score (nSPS) is 21.5. The third kappa shape index (κ3) is 3.36. The molecule has 0 bridgehead atoms. The predicted octanol–water partition coefficient (Wildman–Crippen LogP) is 2.62. The quantitative estimate of drug-likeness (QED) is 0.836. The average molecular weight is 366 g/mol. The van der Waals surface area contributed by atoms with Gasteiger partial charge in [0.25, 0.3) is 5.91 Å². The van der Waals surface area contributed by atoms with Crippen molar-refractivity contribution in [3.63, 3.8) is 0 Å². The standard InChI is InChI=1S/C21H26N4O2/c1-13-7-18(27-4)5-6-19(13)20(26)24-9-16-11-25(12-17(16)10-24)21-22-14(2)8-15(3)23-21/h5-8,16-17H,9-12H2,1-4H3. The van der Waals surface area contributed by atoms with Crippen LogP contribution < -0.4 is 9.64 Å². The number of methoxy groups -OCH3 is 1. The number of likely N-dealkylation sites (tertiary alicyclic amines) is 1. The number of aryl methyl sites for hydroxylation is 3. The topological polar surface area (TPSA) is 58.6 Å². The highest BCUT2D eigenvalue weighted by Gasteiger charge is 2.42. The van der Waals surface area contributed by atoms with Crippen LogP contribution in [0.4, 0.5) is 5.95 Å². The van der Waals surface area contributed by atoms with E-state index < -0.39 is 0 Å². The molecule has 2 aliphatic rings. The highest BCUT2D eigenvalue weighted by Crippen LogP contribution is 2.34. The molecule has 0 radical (unpaired) electrons. The smallest absolute Gasteiger partial charge is 0.254 e. The molecule has 1 aromatic heterocycles. The van der Waals surface area contributed by atoms with Gasteiger partial charge in [-0.05, 0) is 50.6 Å². The Morgan fingerprint density at radius 2 is 1.63 bits per heavy atom. The molecule has 1 amide bonds. The van der Waals surface area contributed by atoms with E-state index in [1.165, 1.54) is 0 Å². The minimum atomic E-state index is 0.124. The van der Waals surface area contributed by atoms with Gasteiger partial charge in [0.2, 0.25) is 5.95 Å². The molecule has 2 aliphatic heterocycles. The van der Waals surface area contributed by atoms with Crippen LogP contribution in [0.25, 0.3) is 0 Å². The van der Waals surface area contributed by atoms with Gasteiger partial charge in [-0.15, -0.1) is 0 Å². The van der Waals surface area contributed by atoms with Gasteiger partial charge in [-0.1, -0.05) is 0 Å². The second-order valence-electron chi connectivity index (χ2n) is 7.77. The summed E-state index contributed by atoms with van der Waals surface area (Å²) in [6, 6.07) is 7.65. The van der Waals surface area contributed by atoms with Crippen LogP contribution in [-0.2, 0) is 0 Å². The molecule has 4 rings (SSSR count). The number of carbonyl (C=O) groups is 1. The van der Waals surface area contributed by atoms with Gasteiger partial charge in [-0.2, -0.15) is 0 Å². The summed E-state index contributed by atoms with van der Waals surface area (Å²) < 4.78 is 5.24. The summed E-state index contributed by atoms with van der Waals surface area (Å²) in [7, 11) is 1.64. The summed E-state index contributed by atoms with van der Waals surface area (Å²) in [6.45, 7) is 9.41. The Morgan fingerprint density at radius 3 is 2.19 bits per heavy atom. The summed E-state index contributed by atoms with van der Waals surface area (Å²) in [4.78, 5) is 26.5. The fraction of sp³-hybridized carbons (Fsp3) is 0.476. The van der Waals surface area contributed by atoms with Gasteiger partial charge in [0, 0.05) is 55.0 Å². The van der Waals surface area contributed by atoms with E-state index in [0.29, 0.717) is 11.8 Å². The maximum atomic E-state index is 13.0. The van der Waals surface area contributed by atoms with Crippen LogP contribution in [0.5, 0.6) is 5.75 Å². The minimum absolute atomic E-state index is 0.124. The molecule has 3 heterocycles. The number of rotatable bonds is 3. The molecule has 27 heavy (non-hydrogen) atoms. The Bertz CT molecular complexity index is 848. The zero-order valence-corrected chi connectivity index (χ0v) is 16.4. The van der Waals surface area contributed by atoms with Crippen LogP contribution in [0.1, 0.15) is 27.3 Å². The highest BCUT2D eigenvalue weighted by molar-refractivity contribution is 5.96. The highest BCUT2D eigenvalue weighted by atomic mass is 16.5. The Morgan fingerprint density at radius 1 is 1.00 bits per heavy atom. The molecule has 0 aliphatic carbocycles. The summed E-state index contributed by atoms with van der Waals surface area (Å²) >= 11 is 0. The lowest BCUT2D eigenvalue weighted by Crippen LogP contribution is -2.34. The molecular weight excluding hydrogens is 340 g/mol. The van der Waals surface area contributed by atoms with E-state index in [-0.39, 0.29) is 5.91 Å². The molecule has 1 aromatic carbocycles. The van der Waals surface area contributed by atoms with Crippen LogP contribution in [0.2, 0.25) is 0 Å². The molecule has 2 atom stereocenters. The number of amides is 1. The van der Waals surface area contributed by atoms with Crippen molar-refractivity contribution in [1.29, 1.82) is 0 Å². The fourth-order valence-corrected chi connectivity index (χ4v) is 4.34. The van der Waals surface area contributed by atoms with Gasteiger partial charge in [-0.3, -0.25) is 4.79 Å². The van der Waals surface area contributed by atoms with Gasteiger partial charge in [0.15, 0.2) is 0 Å². The maximum absolute atomic E-state index is 13.0. The van der Waals surface area contributed by atoms with Crippen LogP contribution in [0.15, 0.2) is 24.3 Å². The monoisotopic (exact) mass is 366 g/mol. The van der Waals surface area contributed by atoms with E-state index >= 15 is 0 Å². The zero-order valence-electron chi connectivity index (χ0n) is 16.4. The number of aromatic nitrogens is 2. The first-order valence-electron chi connectivity index (χ1n) is 9.45. The number of nitrogens with zero attached hydrogens (tertiary/aromatic N) is 4. The van der Waals surface area contributed by atoms with Crippen LogP contribution in [0.3, 0.4) is 0 Å². The molecule has 2 aromatic rings. The SMILES string of the molecule is COc1ccc(C(=O)N2CC3CN(c4nc(C)cc(C)n4)CC3C2)c(C)c1. The lowest BCUT2D eigenvalue weighted by Gasteiger charge is -2.23. The van der Waals surface area contributed by atoms with Crippen LogP contribution in [-0.4, -0.2) is 54.1 Å². The van der Waals surface area contributed by atoms with Crippen molar-refractivity contribution < 1.29 is 9.53 Å². The summed E-state index contributed by atoms with van der Waals surface area (Å²) in [5.41, 5.74) is 3.73. The van der Waals surface area contributed by atoms with Crippen molar-refractivity contribution in [3.8, 4) is 5.75 Å². The number of carbonyl (C=O) groups excluding carboxylic acids is 1. The van der Waals surface area contributed by atoms with E-state index in [1.807, 2.05) is 49.9 Å². The molecule has 0 saturated carbocycles. The zero-order chi connectivity index (χ0) is 19.1. The van der Waals surface area contributed by atoms with Crippen LogP contribution in [0, 0.1) is 32.6 Å². The van der Waals surface area contributed by atoms with E-state index in [2.05, 4.69) is 14.9 Å². The third-order valence-corrected chi connectivity index (χ3v) is 5.69. The molecular formula is C21H26N4O2. The van der Waals surface area contributed by atoms with Crippen molar-refractivity contribution in [3.05, 3.63) is 46.8 Å². The predicted molar refractivity (Wildman–Crippen MR) is 104 cm³/mol. The first kappa shape index (κ1) is 17.8. The lowest BCUT2D eigenvalue weighted by atomic mass is 10.0. The van der Waals surface area contributed by atoms with Gasteiger partial charge in [0.1, 0.15) is 5.75 Å². The molecule has 142 valence electrons. The Hall–Kier alpha value is -2.63. The van der Waals surface area contributed by atoms with Crippen molar-refractivity contribution in [2.24, 2.45) is 11.8 Å². The van der Waals surface area contributed by atoms with Gasteiger partial charge in [0.05, 0.1) is 7.11 Å². The first-order chi connectivity index (χ1) is 12.9. The number of benzene rings is 1. The number of anilines is 1. The molecule has 0 N–H and O–H groups in total. The number of hydrogen-bond acceptors (Lipinski definition) is 5. The lowest BCUT2D eigenvalue weighted by molar-refractivity contribution is 0.0782. The first-order valence-corrected chi connectivity index (χ1v) is 9.45. The fourth-order valence-electron chi connectivity index (χ4n) is 4.34. The van der Waals surface area contributed by atoms with Crippen LogP contribution >= 0.6 is 0 Å². The molecule has 2 unspecified atom stereocenters. The molecule has 0 spiro atoms. The van der Waals surface area contributed by atoms with E-state index in [1.54, 1.807) is 7.11 Å². The summed E-state index contributed by atoms with van der Waals surface area (Å²) in [5.74, 6) is 2.70. The minimum Gasteiger partial charge on any atom is -0.497 e. The summed E-state index contributed by atoms with van der Waals surface area (Å²) in [5, 5.41) is 0. The van der Waals surface area contributed by atoms with Crippen molar-refractivity contribution >= 4 is 11.9 Å². The second kappa shape index (κ2) is 6.83. The van der Waals surface area contributed by atoms with Gasteiger partial charge in [-0.25, -0.2) is 9.97 Å². The number of hydrogen-bond donors (Lipinski definition) is 0. The maximum Gasteiger partial charge on any atom is 0.254 e. The third-order valence-electron chi connectivity index (χ3n) is 5.69. The van der Waals surface area contributed by atoms with E-state index in [0.717, 1.165) is 60.4 Å². The summed E-state index contributed by atoms with van der Waals surface area (Å²) in [6.07, 6.45) is 0. The molecule has 6 nitrogen and oxygen atoms in total. The van der Waals surface area contributed by atoms with Crippen molar-refractivity contribution in [1.82, 2.24) is 14.9 Å². The Balaban J connectivity index is 1.44. The average Bonchev–Trinajstić information content (AvgIpc) is 3.19. The van der Waals surface area contributed by atoms with Crippen molar-refractivity contribution in [2.45, 2.75) is 20.8 Å². The molecule has 2 saturated heterocycles. The van der Waals surface area contributed by atoms with Crippen molar-refractivity contribution in [2.75, 3.05) is 38.2 Å². The van der Waals surface area contributed by atoms with Gasteiger partial charge < -0.3 is 14.5 Å². The molecule has 6 heteroatoms. The number of ether oxygens (including phenoxy) is 1. The largest absolute Gasteiger partial charge is 0.497 e. The molecule has 2 fully saturated rings. The van der Waals surface area contributed by atoms with E-state index in [4.69, 9.17) is 4.74 Å². The number of fused-ring (bicyclic) bond motifs is 1.